The molecule has 4 aliphatic carbocycles. The zero-order valence-corrected chi connectivity index (χ0v) is 26.8. The van der Waals surface area contributed by atoms with E-state index in [1.165, 1.54) is 0 Å². The van der Waals surface area contributed by atoms with Gasteiger partial charge in [-0.3, -0.25) is 14.4 Å². The quantitative estimate of drug-likeness (QED) is 0.281. The molecule has 7 nitrogen and oxygen atoms in total. The van der Waals surface area contributed by atoms with E-state index in [9.17, 15) is 19.5 Å². The summed E-state index contributed by atoms with van der Waals surface area (Å²) in [5, 5.41) is 11.7. The number of nitrogens with zero attached hydrogens (tertiary/aromatic N) is 1. The summed E-state index contributed by atoms with van der Waals surface area (Å²) in [5.74, 6) is -2.17. The molecule has 0 aromatic heterocycles. The third-order valence-corrected chi connectivity index (χ3v) is 11.4. The number of alkyl halides is 1. The maximum absolute atomic E-state index is 14.1. The Bertz CT molecular complexity index is 1400. The highest BCUT2D eigenvalue weighted by Gasteiger charge is 2.73. The fourth-order valence-corrected chi connectivity index (χ4v) is 9.46. The number of rotatable bonds is 7. The number of aliphatic hydroxyl groups excluding tert-OH is 1. The molecule has 9 atom stereocenters. The van der Waals surface area contributed by atoms with Crippen molar-refractivity contribution in [1.29, 1.82) is 0 Å². The fourth-order valence-electron chi connectivity index (χ4n) is 8.96. The number of hydrogen-bond donors (Lipinski definition) is 1. The van der Waals surface area contributed by atoms with Gasteiger partial charge in [-0.1, -0.05) is 58.4 Å². The number of benzene rings is 1. The van der Waals surface area contributed by atoms with Gasteiger partial charge in [-0.05, 0) is 67.9 Å². The van der Waals surface area contributed by atoms with E-state index in [0.29, 0.717) is 12.8 Å². The predicted molar refractivity (Wildman–Crippen MR) is 166 cm³/mol. The minimum absolute atomic E-state index is 0.0944. The molecule has 0 heterocycles. The first-order valence-corrected chi connectivity index (χ1v) is 16.0. The predicted octanol–water partition coefficient (Wildman–Crippen LogP) is 6.45. The van der Waals surface area contributed by atoms with Gasteiger partial charge in [0.25, 0.3) is 0 Å². The highest BCUT2D eigenvalue weighted by atomic mass is 35.5. The molecule has 0 radical (unpaired) electrons. The van der Waals surface area contributed by atoms with Crippen molar-refractivity contribution in [3.63, 3.8) is 0 Å². The van der Waals surface area contributed by atoms with Crippen molar-refractivity contribution in [2.24, 2.45) is 39.5 Å². The largest absolute Gasteiger partial charge is 0.457 e. The van der Waals surface area contributed by atoms with Crippen molar-refractivity contribution in [2.75, 3.05) is 6.61 Å². The summed E-state index contributed by atoms with van der Waals surface area (Å²) in [6, 6.07) is 8.06. The van der Waals surface area contributed by atoms with Crippen molar-refractivity contribution in [3.05, 3.63) is 53.6 Å². The van der Waals surface area contributed by atoms with Gasteiger partial charge < -0.3 is 14.6 Å². The fraction of sp³-hybridized carbons (Fsp3) is 0.600. The molecule has 43 heavy (non-hydrogen) atoms. The number of aliphatic hydroxyl groups is 1. The van der Waals surface area contributed by atoms with E-state index in [2.05, 4.69) is 19.1 Å². The molecule has 5 rings (SSSR count). The minimum atomic E-state index is -1.53. The van der Waals surface area contributed by atoms with Gasteiger partial charge in [-0.25, -0.2) is 4.99 Å². The maximum Gasteiger partial charge on any atom is 0.306 e. The van der Waals surface area contributed by atoms with Crippen LogP contribution < -0.4 is 0 Å². The van der Waals surface area contributed by atoms with Crippen LogP contribution in [-0.2, 0) is 23.9 Å². The number of carbonyl (C=O) groups excluding carboxylic acids is 3. The van der Waals surface area contributed by atoms with Crippen molar-refractivity contribution in [2.45, 2.75) is 90.7 Å². The molecule has 1 aromatic rings. The van der Waals surface area contributed by atoms with E-state index in [-0.39, 0.29) is 48.3 Å². The normalized spacial score (nSPS) is 38.9. The Hall–Kier alpha value is -2.77. The van der Waals surface area contributed by atoms with Gasteiger partial charge in [0.2, 0.25) is 5.78 Å². The van der Waals surface area contributed by atoms with Crippen molar-refractivity contribution < 1.29 is 29.0 Å². The minimum Gasteiger partial charge on any atom is -0.457 e. The smallest absolute Gasteiger partial charge is 0.306 e. The summed E-state index contributed by atoms with van der Waals surface area (Å²) in [6.45, 7) is 11.0. The Kier molecular flexibility index (Phi) is 8.56. The van der Waals surface area contributed by atoms with Crippen LogP contribution in [0.5, 0.6) is 0 Å². The highest BCUT2D eigenvalue weighted by molar-refractivity contribution is 6.21. The molecule has 0 unspecified atom stereocenters. The Morgan fingerprint density at radius 1 is 1.14 bits per heavy atom. The molecule has 1 N–H and O–H groups in total. The summed E-state index contributed by atoms with van der Waals surface area (Å²) >= 11 is 7.29. The van der Waals surface area contributed by atoms with Crippen molar-refractivity contribution in [3.8, 4) is 0 Å². The molecule has 1 aromatic carbocycles. The van der Waals surface area contributed by atoms with Crippen LogP contribution in [0.15, 0.2) is 53.1 Å². The molecule has 232 valence electrons. The second-order valence-corrected chi connectivity index (χ2v) is 14.0. The lowest BCUT2D eigenvalue weighted by molar-refractivity contribution is -0.205. The summed E-state index contributed by atoms with van der Waals surface area (Å²) in [6.07, 6.45) is 7.24. The molecule has 3 fully saturated rings. The average Bonchev–Trinajstić information content (AvgIpc) is 3.18. The lowest BCUT2D eigenvalue weighted by Crippen LogP contribution is -2.65. The number of fused-ring (bicyclic) bond motifs is 5. The molecule has 0 aliphatic heterocycles. The third kappa shape index (κ3) is 5.10. The van der Waals surface area contributed by atoms with E-state index in [1.54, 1.807) is 13.8 Å². The standard InChI is InChI=1S/C35H44ClNO6/c1-7-29(40)42-19-28(39)35(43-30(41)8-2)21(4)15-25-31-26(36)17-22-16-24(37-23-11-9-10-20(3)14-23)12-13-33(22,5)32(31)27(38)18-34(25,35)6/h9-14,16,21,25-27,31-32,38H,7-8,15,17-19H2,1-6H3/t21-,25+,26-,27+,31-,32+,33+,34+,35-/m1/s1. The molecular formula is C35H44ClNO6. The first-order valence-electron chi connectivity index (χ1n) is 15.6. The van der Waals surface area contributed by atoms with Crippen LogP contribution in [0.1, 0.15) is 72.3 Å². The zero-order chi connectivity index (χ0) is 31.3. The molecular weight excluding hydrogens is 566 g/mol. The van der Waals surface area contributed by atoms with Crippen LogP contribution in [0.3, 0.4) is 0 Å². The Morgan fingerprint density at radius 2 is 1.86 bits per heavy atom. The number of allylic oxidation sites excluding steroid dienone is 4. The Balaban J connectivity index is 1.52. The topological polar surface area (TPSA) is 102 Å². The maximum atomic E-state index is 14.1. The first-order chi connectivity index (χ1) is 20.3. The lowest BCUT2D eigenvalue weighted by Gasteiger charge is -2.61. The van der Waals surface area contributed by atoms with E-state index in [1.807, 2.05) is 51.1 Å². The van der Waals surface area contributed by atoms with Crippen molar-refractivity contribution in [1.82, 2.24) is 0 Å². The summed E-state index contributed by atoms with van der Waals surface area (Å²) < 4.78 is 11.4. The van der Waals surface area contributed by atoms with Gasteiger partial charge in [-0.15, -0.1) is 11.6 Å². The number of carbonyl (C=O) groups is 3. The van der Waals surface area contributed by atoms with Gasteiger partial charge in [0, 0.05) is 40.9 Å². The lowest BCUT2D eigenvalue weighted by atomic mass is 9.46. The van der Waals surface area contributed by atoms with Gasteiger partial charge in [0.15, 0.2) is 12.2 Å². The van der Waals surface area contributed by atoms with E-state index in [0.717, 1.165) is 22.5 Å². The monoisotopic (exact) mass is 609 g/mol. The first kappa shape index (κ1) is 31.6. The number of ketones is 1. The molecule has 0 saturated heterocycles. The molecule has 0 amide bonds. The van der Waals surface area contributed by atoms with Gasteiger partial charge >= 0.3 is 11.9 Å². The van der Waals surface area contributed by atoms with Crippen LogP contribution >= 0.6 is 11.6 Å². The summed E-state index contributed by atoms with van der Waals surface area (Å²) in [5.41, 5.74) is 1.14. The molecule has 0 bridgehead atoms. The van der Waals surface area contributed by atoms with Gasteiger partial charge in [0.1, 0.15) is 0 Å². The number of aryl methyl sites for hydroxylation is 1. The van der Waals surface area contributed by atoms with Crippen LogP contribution in [0.2, 0.25) is 0 Å². The molecule has 0 spiro atoms. The zero-order valence-electron chi connectivity index (χ0n) is 26.1. The van der Waals surface area contributed by atoms with Crippen molar-refractivity contribution >= 4 is 40.7 Å². The SMILES string of the molecule is CCC(=O)OCC(=O)[C@]1(OC(=O)CC)[C@H](C)C[C@H]2[C@H]3[C@H]([C@@H](O)C[C@@]21C)[C@@]1(C)C=CC(=Nc2cccc(C)c2)C=C1C[C@H]3Cl. The number of hydrogen-bond acceptors (Lipinski definition) is 7. The molecule has 8 heteroatoms. The van der Waals surface area contributed by atoms with Crippen LogP contribution in [0, 0.1) is 41.4 Å². The number of aliphatic imine (C=N–C) groups is 1. The van der Waals surface area contributed by atoms with Gasteiger partial charge in [-0.2, -0.15) is 0 Å². The van der Waals surface area contributed by atoms with E-state index >= 15 is 0 Å². The van der Waals surface area contributed by atoms with E-state index in [4.69, 9.17) is 26.1 Å². The molecule has 3 saturated carbocycles. The Morgan fingerprint density at radius 3 is 2.53 bits per heavy atom. The highest BCUT2D eigenvalue weighted by Crippen LogP contribution is 2.69. The average molecular weight is 610 g/mol. The summed E-state index contributed by atoms with van der Waals surface area (Å²) in [4.78, 5) is 43.8. The number of esters is 2. The van der Waals surface area contributed by atoms with E-state index < -0.39 is 46.9 Å². The van der Waals surface area contributed by atoms with Crippen LogP contribution in [0.25, 0.3) is 0 Å². The number of Topliss-reactive ketones (excluding diaryl/α,β-unsaturated/α-hetero) is 1. The number of ether oxygens (including phenoxy) is 2. The third-order valence-electron chi connectivity index (χ3n) is 10.9. The summed E-state index contributed by atoms with van der Waals surface area (Å²) in [7, 11) is 0. The van der Waals surface area contributed by atoms with Crippen LogP contribution in [0.4, 0.5) is 5.69 Å². The second-order valence-electron chi connectivity index (χ2n) is 13.4. The van der Waals surface area contributed by atoms with Crippen LogP contribution in [-0.4, -0.2) is 52.2 Å². The van der Waals surface area contributed by atoms with Gasteiger partial charge in [0.05, 0.1) is 17.5 Å². The number of halogens is 1. The molecule has 4 aliphatic rings. The Labute approximate surface area is 259 Å². The second kappa shape index (κ2) is 11.6.